The number of nitrogens with one attached hydrogen (secondary N) is 1. The SMILES string of the molecule is C/C=C/CCNC(=O)C(S)C(C)C. The zero-order valence-corrected chi connectivity index (χ0v) is 9.47. The van der Waals surface area contributed by atoms with Gasteiger partial charge in [0.2, 0.25) is 5.91 Å². The van der Waals surface area contributed by atoms with Crippen molar-refractivity contribution < 1.29 is 4.79 Å². The Morgan fingerprint density at radius 1 is 1.54 bits per heavy atom. The highest BCUT2D eigenvalue weighted by Crippen LogP contribution is 2.08. The Balaban J connectivity index is 3.62. The van der Waals surface area contributed by atoms with E-state index in [4.69, 9.17) is 0 Å². The zero-order valence-electron chi connectivity index (χ0n) is 8.58. The van der Waals surface area contributed by atoms with Gasteiger partial charge in [0, 0.05) is 6.54 Å². The normalized spacial score (nSPS) is 13.6. The summed E-state index contributed by atoms with van der Waals surface area (Å²) in [6.45, 7) is 6.65. The Morgan fingerprint density at radius 3 is 2.62 bits per heavy atom. The molecule has 2 nitrogen and oxygen atoms in total. The Hall–Kier alpha value is -0.440. The van der Waals surface area contributed by atoms with E-state index in [0.717, 1.165) is 6.42 Å². The number of rotatable bonds is 5. The van der Waals surface area contributed by atoms with Gasteiger partial charge in [-0.15, -0.1) is 0 Å². The van der Waals surface area contributed by atoms with E-state index in [1.54, 1.807) is 0 Å². The molecular weight excluding hydrogens is 182 g/mol. The minimum absolute atomic E-state index is 0.0304. The molecule has 1 atom stereocenters. The van der Waals surface area contributed by atoms with Crippen molar-refractivity contribution in [2.24, 2.45) is 5.92 Å². The second-order valence-electron chi connectivity index (χ2n) is 3.34. The fourth-order valence-electron chi connectivity index (χ4n) is 0.853. The lowest BCUT2D eigenvalue weighted by molar-refractivity contribution is -0.121. The number of thiol groups is 1. The number of hydrogen-bond donors (Lipinski definition) is 2. The summed E-state index contributed by atoms with van der Waals surface area (Å²) in [4.78, 5) is 11.3. The third kappa shape index (κ3) is 5.75. The predicted octanol–water partition coefficient (Wildman–Crippen LogP) is 2.02. The molecule has 0 aromatic rings. The summed E-state index contributed by atoms with van der Waals surface area (Å²) in [7, 11) is 0. The molecule has 13 heavy (non-hydrogen) atoms. The van der Waals surface area contributed by atoms with Gasteiger partial charge in [-0.1, -0.05) is 26.0 Å². The first-order valence-electron chi connectivity index (χ1n) is 4.66. The van der Waals surface area contributed by atoms with Crippen molar-refractivity contribution in [3.05, 3.63) is 12.2 Å². The summed E-state index contributed by atoms with van der Waals surface area (Å²) in [6, 6.07) is 0. The minimum atomic E-state index is -0.189. The van der Waals surface area contributed by atoms with Gasteiger partial charge in [-0.25, -0.2) is 0 Å². The molecule has 0 aromatic carbocycles. The Morgan fingerprint density at radius 2 is 2.15 bits per heavy atom. The third-order valence-electron chi connectivity index (χ3n) is 1.75. The quantitative estimate of drug-likeness (QED) is 0.398. The first-order valence-corrected chi connectivity index (χ1v) is 5.18. The van der Waals surface area contributed by atoms with Gasteiger partial charge in [-0.2, -0.15) is 12.6 Å². The van der Waals surface area contributed by atoms with E-state index in [0.29, 0.717) is 6.54 Å². The Labute approximate surface area is 86.2 Å². The smallest absolute Gasteiger partial charge is 0.233 e. The maximum Gasteiger partial charge on any atom is 0.233 e. The summed E-state index contributed by atoms with van der Waals surface area (Å²) in [5.41, 5.74) is 0. The van der Waals surface area contributed by atoms with E-state index >= 15 is 0 Å². The lowest BCUT2D eigenvalue weighted by atomic mass is 10.1. The van der Waals surface area contributed by atoms with Crippen LogP contribution in [0.5, 0.6) is 0 Å². The van der Waals surface area contributed by atoms with Gasteiger partial charge in [-0.3, -0.25) is 4.79 Å². The largest absolute Gasteiger partial charge is 0.355 e. The molecule has 0 aromatic heterocycles. The number of allylic oxidation sites excluding steroid dienone is 1. The van der Waals surface area contributed by atoms with Crippen LogP contribution in [-0.2, 0) is 4.79 Å². The van der Waals surface area contributed by atoms with Gasteiger partial charge in [0.25, 0.3) is 0 Å². The average molecular weight is 201 g/mol. The van der Waals surface area contributed by atoms with Crippen molar-refractivity contribution in [3.8, 4) is 0 Å². The predicted molar refractivity (Wildman–Crippen MR) is 60.1 cm³/mol. The molecule has 0 fully saturated rings. The van der Waals surface area contributed by atoms with Gasteiger partial charge in [0.15, 0.2) is 0 Å². The molecule has 0 radical (unpaired) electrons. The highest BCUT2D eigenvalue weighted by Gasteiger charge is 2.16. The van der Waals surface area contributed by atoms with Crippen LogP contribution in [0.3, 0.4) is 0 Å². The molecule has 0 saturated carbocycles. The second-order valence-corrected chi connectivity index (χ2v) is 3.89. The van der Waals surface area contributed by atoms with Crippen LogP contribution in [0.2, 0.25) is 0 Å². The van der Waals surface area contributed by atoms with Crippen LogP contribution in [0.25, 0.3) is 0 Å². The monoisotopic (exact) mass is 201 g/mol. The van der Waals surface area contributed by atoms with Crippen molar-refractivity contribution in [2.75, 3.05) is 6.54 Å². The summed E-state index contributed by atoms with van der Waals surface area (Å²) >= 11 is 4.21. The van der Waals surface area contributed by atoms with Crippen LogP contribution in [0.15, 0.2) is 12.2 Å². The molecule has 76 valence electrons. The van der Waals surface area contributed by atoms with E-state index in [9.17, 15) is 4.79 Å². The molecule has 0 saturated heterocycles. The first kappa shape index (κ1) is 12.6. The maximum atomic E-state index is 11.3. The lowest BCUT2D eigenvalue weighted by Gasteiger charge is -2.13. The minimum Gasteiger partial charge on any atom is -0.355 e. The van der Waals surface area contributed by atoms with Crippen molar-refractivity contribution in [2.45, 2.75) is 32.4 Å². The summed E-state index contributed by atoms with van der Waals surface area (Å²) in [6.07, 6.45) is 4.90. The van der Waals surface area contributed by atoms with Crippen LogP contribution in [0, 0.1) is 5.92 Å². The van der Waals surface area contributed by atoms with Crippen LogP contribution in [-0.4, -0.2) is 17.7 Å². The summed E-state index contributed by atoms with van der Waals surface area (Å²) < 4.78 is 0. The summed E-state index contributed by atoms with van der Waals surface area (Å²) in [5.74, 6) is 0.313. The van der Waals surface area contributed by atoms with Gasteiger partial charge in [-0.05, 0) is 19.3 Å². The van der Waals surface area contributed by atoms with Crippen LogP contribution < -0.4 is 5.32 Å². The highest BCUT2D eigenvalue weighted by atomic mass is 32.1. The van der Waals surface area contributed by atoms with Gasteiger partial charge in [0.1, 0.15) is 0 Å². The van der Waals surface area contributed by atoms with E-state index in [1.807, 2.05) is 32.9 Å². The first-order chi connectivity index (χ1) is 6.09. The number of carbonyl (C=O) groups is 1. The number of hydrogen-bond acceptors (Lipinski definition) is 2. The molecule has 1 amide bonds. The molecule has 0 rings (SSSR count). The molecule has 0 aliphatic carbocycles. The van der Waals surface area contributed by atoms with Crippen molar-refractivity contribution >= 4 is 18.5 Å². The van der Waals surface area contributed by atoms with Crippen molar-refractivity contribution in [3.63, 3.8) is 0 Å². The Bertz CT molecular complexity index is 178. The molecular formula is C10H19NOS. The molecule has 0 spiro atoms. The van der Waals surface area contributed by atoms with Crippen LogP contribution >= 0.6 is 12.6 Å². The van der Waals surface area contributed by atoms with Gasteiger partial charge in [0.05, 0.1) is 5.25 Å². The van der Waals surface area contributed by atoms with E-state index in [1.165, 1.54) is 0 Å². The van der Waals surface area contributed by atoms with Gasteiger partial charge >= 0.3 is 0 Å². The van der Waals surface area contributed by atoms with E-state index in [-0.39, 0.29) is 17.1 Å². The molecule has 1 N–H and O–H groups in total. The highest BCUT2D eigenvalue weighted by molar-refractivity contribution is 7.81. The number of carbonyl (C=O) groups excluding carboxylic acids is 1. The fourth-order valence-corrected chi connectivity index (χ4v) is 0.944. The third-order valence-corrected chi connectivity index (χ3v) is 2.58. The van der Waals surface area contributed by atoms with Gasteiger partial charge < -0.3 is 5.32 Å². The molecule has 3 heteroatoms. The molecule has 0 aliphatic heterocycles. The lowest BCUT2D eigenvalue weighted by Crippen LogP contribution is -2.34. The zero-order chi connectivity index (χ0) is 10.3. The maximum absolute atomic E-state index is 11.3. The molecule has 0 bridgehead atoms. The number of amides is 1. The second kappa shape index (κ2) is 7.01. The molecule has 0 heterocycles. The summed E-state index contributed by atoms with van der Waals surface area (Å²) in [5, 5.41) is 2.64. The standard InChI is InChI=1S/C10H19NOS/c1-4-5-6-7-11-10(12)9(13)8(2)3/h4-5,8-9,13H,6-7H2,1-3H3,(H,11,12)/b5-4+. The van der Waals surface area contributed by atoms with E-state index in [2.05, 4.69) is 17.9 Å². The fraction of sp³-hybridized carbons (Fsp3) is 0.700. The molecule has 0 aliphatic rings. The van der Waals surface area contributed by atoms with Crippen molar-refractivity contribution in [1.29, 1.82) is 0 Å². The van der Waals surface area contributed by atoms with Crippen molar-refractivity contribution in [1.82, 2.24) is 5.32 Å². The Kier molecular flexibility index (Phi) is 6.77. The van der Waals surface area contributed by atoms with Crippen LogP contribution in [0.1, 0.15) is 27.2 Å². The van der Waals surface area contributed by atoms with E-state index < -0.39 is 0 Å². The topological polar surface area (TPSA) is 29.1 Å². The molecule has 1 unspecified atom stereocenters. The average Bonchev–Trinajstić information content (AvgIpc) is 2.10. The van der Waals surface area contributed by atoms with Crippen LogP contribution in [0.4, 0.5) is 0 Å².